The predicted octanol–water partition coefficient (Wildman–Crippen LogP) is 3.89. The van der Waals surface area contributed by atoms with Crippen LogP contribution < -0.4 is 15.8 Å². The lowest BCUT2D eigenvalue weighted by atomic mass is 10.0. The van der Waals surface area contributed by atoms with Gasteiger partial charge in [-0.2, -0.15) is 0 Å². The van der Waals surface area contributed by atoms with Crippen LogP contribution in [0.3, 0.4) is 0 Å². The Hall–Kier alpha value is -2.92. The van der Waals surface area contributed by atoms with E-state index in [0.29, 0.717) is 0 Å². The van der Waals surface area contributed by atoms with Crippen LogP contribution in [0.1, 0.15) is 29.7 Å². The molecule has 3 rings (SSSR count). The fourth-order valence-electron chi connectivity index (χ4n) is 2.81. The van der Waals surface area contributed by atoms with E-state index in [0.717, 1.165) is 29.0 Å². The van der Waals surface area contributed by atoms with E-state index in [1.165, 1.54) is 11.1 Å². The SMILES string of the molecule is COc1ccc(CNC(C)c2ccc(C)cc2)cc1-c1cnc(N)nc1. The second-order valence-electron chi connectivity index (χ2n) is 6.38. The van der Waals surface area contributed by atoms with Gasteiger partial charge in [-0.1, -0.05) is 35.9 Å². The maximum Gasteiger partial charge on any atom is 0.219 e. The Morgan fingerprint density at radius 1 is 1.08 bits per heavy atom. The highest BCUT2D eigenvalue weighted by Gasteiger charge is 2.10. The Balaban J connectivity index is 1.77. The van der Waals surface area contributed by atoms with E-state index in [2.05, 4.69) is 65.5 Å². The van der Waals surface area contributed by atoms with Gasteiger partial charge in [0.25, 0.3) is 0 Å². The molecule has 5 nitrogen and oxygen atoms in total. The Bertz CT molecular complexity index is 860. The van der Waals surface area contributed by atoms with Crippen molar-refractivity contribution in [2.45, 2.75) is 26.4 Å². The third-order valence-corrected chi connectivity index (χ3v) is 4.44. The summed E-state index contributed by atoms with van der Waals surface area (Å²) in [5.74, 6) is 1.05. The molecule has 0 fully saturated rings. The lowest BCUT2D eigenvalue weighted by Gasteiger charge is -2.16. The molecule has 0 saturated carbocycles. The summed E-state index contributed by atoms with van der Waals surface area (Å²) in [5, 5.41) is 3.57. The molecular formula is C21H24N4O. The molecular weight excluding hydrogens is 324 g/mol. The van der Waals surface area contributed by atoms with Crippen LogP contribution in [0.25, 0.3) is 11.1 Å². The van der Waals surface area contributed by atoms with E-state index >= 15 is 0 Å². The van der Waals surface area contributed by atoms with Gasteiger partial charge in [0.1, 0.15) is 5.75 Å². The third kappa shape index (κ3) is 4.18. The molecule has 0 spiro atoms. The first-order valence-electron chi connectivity index (χ1n) is 8.61. The number of rotatable bonds is 6. The minimum Gasteiger partial charge on any atom is -0.496 e. The van der Waals surface area contributed by atoms with Gasteiger partial charge in [0.15, 0.2) is 0 Å². The van der Waals surface area contributed by atoms with Crippen LogP contribution in [0.2, 0.25) is 0 Å². The number of nitrogens with one attached hydrogen (secondary N) is 1. The monoisotopic (exact) mass is 348 g/mol. The molecule has 134 valence electrons. The number of aryl methyl sites for hydroxylation is 1. The van der Waals surface area contributed by atoms with Gasteiger partial charge >= 0.3 is 0 Å². The molecule has 3 N–H and O–H groups in total. The van der Waals surface area contributed by atoms with Crippen LogP contribution in [-0.4, -0.2) is 17.1 Å². The summed E-state index contributed by atoms with van der Waals surface area (Å²) < 4.78 is 5.48. The van der Waals surface area contributed by atoms with Gasteiger partial charge in [-0.15, -0.1) is 0 Å². The van der Waals surface area contributed by atoms with Crippen LogP contribution in [0.4, 0.5) is 5.95 Å². The highest BCUT2D eigenvalue weighted by Crippen LogP contribution is 2.30. The minimum absolute atomic E-state index is 0.262. The molecule has 1 unspecified atom stereocenters. The summed E-state index contributed by atoms with van der Waals surface area (Å²) in [6.07, 6.45) is 3.43. The van der Waals surface area contributed by atoms with Crippen molar-refractivity contribution in [2.24, 2.45) is 0 Å². The summed E-state index contributed by atoms with van der Waals surface area (Å²) in [6, 6.07) is 15.0. The summed E-state index contributed by atoms with van der Waals surface area (Å²) in [6.45, 7) is 5.02. The zero-order chi connectivity index (χ0) is 18.5. The van der Waals surface area contributed by atoms with Crippen molar-refractivity contribution in [2.75, 3.05) is 12.8 Å². The first kappa shape index (κ1) is 17.9. The standard InChI is InChI=1S/C21H24N4O/c1-14-4-7-17(8-5-14)15(2)23-11-16-6-9-20(26-3)19(10-16)18-12-24-21(22)25-13-18/h4-10,12-13,15,23H,11H2,1-3H3,(H2,22,24,25). The van der Waals surface area contributed by atoms with E-state index in [-0.39, 0.29) is 12.0 Å². The van der Waals surface area contributed by atoms with Crippen molar-refractivity contribution in [3.8, 4) is 16.9 Å². The number of ether oxygens (including phenoxy) is 1. The number of nitrogens with two attached hydrogens (primary N) is 1. The number of methoxy groups -OCH3 is 1. The third-order valence-electron chi connectivity index (χ3n) is 4.44. The molecule has 2 aromatic carbocycles. The molecule has 5 heteroatoms. The van der Waals surface area contributed by atoms with Gasteiger partial charge in [-0.25, -0.2) is 9.97 Å². The number of hydrogen-bond donors (Lipinski definition) is 2. The molecule has 0 radical (unpaired) electrons. The second kappa shape index (κ2) is 7.97. The predicted molar refractivity (Wildman–Crippen MR) is 105 cm³/mol. The average Bonchev–Trinajstić information content (AvgIpc) is 2.67. The van der Waals surface area contributed by atoms with E-state index in [1.54, 1.807) is 19.5 Å². The van der Waals surface area contributed by atoms with Crippen molar-refractivity contribution < 1.29 is 4.74 Å². The molecule has 3 aromatic rings. The van der Waals surface area contributed by atoms with Gasteiger partial charge in [-0.05, 0) is 37.1 Å². The highest BCUT2D eigenvalue weighted by atomic mass is 16.5. The van der Waals surface area contributed by atoms with Crippen molar-refractivity contribution >= 4 is 5.95 Å². The fourth-order valence-corrected chi connectivity index (χ4v) is 2.81. The fraction of sp³-hybridized carbons (Fsp3) is 0.238. The van der Waals surface area contributed by atoms with Gasteiger partial charge in [0.2, 0.25) is 5.95 Å². The van der Waals surface area contributed by atoms with Crippen molar-refractivity contribution in [1.29, 1.82) is 0 Å². The highest BCUT2D eigenvalue weighted by molar-refractivity contribution is 5.70. The Morgan fingerprint density at radius 3 is 2.42 bits per heavy atom. The summed E-state index contributed by atoms with van der Waals surface area (Å²) in [4.78, 5) is 8.15. The van der Waals surface area contributed by atoms with Gasteiger partial charge < -0.3 is 15.8 Å². The first-order valence-corrected chi connectivity index (χ1v) is 8.61. The van der Waals surface area contributed by atoms with Crippen molar-refractivity contribution in [1.82, 2.24) is 15.3 Å². The van der Waals surface area contributed by atoms with Crippen LogP contribution in [0, 0.1) is 6.92 Å². The topological polar surface area (TPSA) is 73.1 Å². The maximum atomic E-state index is 5.59. The van der Waals surface area contributed by atoms with Crippen molar-refractivity contribution in [3.63, 3.8) is 0 Å². The smallest absolute Gasteiger partial charge is 0.219 e. The summed E-state index contributed by atoms with van der Waals surface area (Å²) in [5.41, 5.74) is 11.1. The van der Waals surface area contributed by atoms with Crippen LogP contribution in [0.5, 0.6) is 5.75 Å². The number of aromatic nitrogens is 2. The van der Waals surface area contributed by atoms with Crippen LogP contribution in [0.15, 0.2) is 54.9 Å². The Kier molecular flexibility index (Phi) is 5.49. The number of hydrogen-bond acceptors (Lipinski definition) is 5. The lowest BCUT2D eigenvalue weighted by Crippen LogP contribution is -2.18. The molecule has 1 atom stereocenters. The normalized spacial score (nSPS) is 12.0. The van der Waals surface area contributed by atoms with Crippen LogP contribution in [-0.2, 0) is 6.54 Å². The molecule has 26 heavy (non-hydrogen) atoms. The lowest BCUT2D eigenvalue weighted by molar-refractivity contribution is 0.416. The number of nitrogen functional groups attached to an aromatic ring is 1. The molecule has 1 aromatic heterocycles. The zero-order valence-electron chi connectivity index (χ0n) is 15.4. The number of anilines is 1. The molecule has 0 aliphatic rings. The molecule has 0 aliphatic heterocycles. The molecule has 0 bridgehead atoms. The zero-order valence-corrected chi connectivity index (χ0v) is 15.4. The average molecular weight is 348 g/mol. The van der Waals surface area contributed by atoms with E-state index in [1.807, 2.05) is 6.07 Å². The number of benzene rings is 2. The van der Waals surface area contributed by atoms with Gasteiger partial charge in [0.05, 0.1) is 7.11 Å². The molecule has 1 heterocycles. The molecule has 0 aliphatic carbocycles. The quantitative estimate of drug-likeness (QED) is 0.707. The van der Waals surface area contributed by atoms with Gasteiger partial charge in [-0.3, -0.25) is 0 Å². The van der Waals surface area contributed by atoms with Crippen molar-refractivity contribution in [3.05, 3.63) is 71.5 Å². The summed E-state index contributed by atoms with van der Waals surface area (Å²) in [7, 11) is 1.66. The summed E-state index contributed by atoms with van der Waals surface area (Å²) >= 11 is 0. The second-order valence-corrected chi connectivity index (χ2v) is 6.38. The largest absolute Gasteiger partial charge is 0.496 e. The first-order chi connectivity index (χ1) is 12.6. The maximum absolute atomic E-state index is 5.59. The van der Waals surface area contributed by atoms with E-state index in [9.17, 15) is 0 Å². The number of nitrogens with zero attached hydrogens (tertiary/aromatic N) is 2. The Labute approximate surface area is 154 Å². The van der Waals surface area contributed by atoms with Crippen LogP contribution >= 0.6 is 0 Å². The van der Waals surface area contributed by atoms with Gasteiger partial charge in [0, 0.05) is 36.1 Å². The van der Waals surface area contributed by atoms with E-state index in [4.69, 9.17) is 10.5 Å². The molecule has 0 saturated heterocycles. The minimum atomic E-state index is 0.262. The molecule has 0 amide bonds. The van der Waals surface area contributed by atoms with E-state index < -0.39 is 0 Å². The Morgan fingerprint density at radius 2 is 1.77 bits per heavy atom.